The van der Waals surface area contributed by atoms with Crippen LogP contribution < -0.4 is 4.90 Å². The maximum absolute atomic E-state index is 2.44. The van der Waals surface area contributed by atoms with Gasteiger partial charge < -0.3 is 9.47 Å². The summed E-state index contributed by atoms with van der Waals surface area (Å²) in [7, 11) is 0. The molecular weight excluding hydrogens is 701 g/mol. The van der Waals surface area contributed by atoms with Crippen LogP contribution in [0.2, 0.25) is 0 Å². The molecule has 0 saturated heterocycles. The lowest BCUT2D eigenvalue weighted by Gasteiger charge is -2.28. The fourth-order valence-electron chi connectivity index (χ4n) is 8.94. The lowest BCUT2D eigenvalue weighted by atomic mass is 9.94. The zero-order valence-corrected chi connectivity index (χ0v) is 31.8. The molecule has 0 aliphatic heterocycles. The van der Waals surface area contributed by atoms with Gasteiger partial charge in [-0.2, -0.15) is 0 Å². The first-order chi connectivity index (χ1) is 28.8. The summed E-state index contributed by atoms with van der Waals surface area (Å²) in [5.41, 5.74) is 14.1. The quantitative estimate of drug-likeness (QED) is 0.158. The topological polar surface area (TPSA) is 8.17 Å². The minimum absolute atomic E-state index is 1.09. The zero-order chi connectivity index (χ0) is 38.4. The first kappa shape index (κ1) is 33.6. The monoisotopic (exact) mass is 738 g/mol. The largest absolute Gasteiger partial charge is 0.310 e. The van der Waals surface area contributed by atoms with Crippen LogP contribution in [0.5, 0.6) is 0 Å². The van der Waals surface area contributed by atoms with Crippen LogP contribution in [-0.2, 0) is 0 Å². The van der Waals surface area contributed by atoms with Crippen LogP contribution >= 0.6 is 0 Å². The summed E-state index contributed by atoms with van der Waals surface area (Å²) in [5.74, 6) is 0. The molecule has 0 aliphatic carbocycles. The lowest BCUT2D eigenvalue weighted by molar-refractivity contribution is 1.18. The number of hydrogen-bond acceptors (Lipinski definition) is 1. The van der Waals surface area contributed by atoms with E-state index in [1.54, 1.807) is 0 Å². The number of aromatic nitrogens is 1. The Bertz CT molecular complexity index is 3250. The Morgan fingerprint density at radius 1 is 0.310 bits per heavy atom. The molecular formula is C56H38N2. The molecule has 0 bridgehead atoms. The van der Waals surface area contributed by atoms with Gasteiger partial charge in [0.25, 0.3) is 0 Å². The van der Waals surface area contributed by atoms with Crippen LogP contribution in [0.1, 0.15) is 0 Å². The van der Waals surface area contributed by atoms with Crippen molar-refractivity contribution in [3.8, 4) is 39.1 Å². The number of hydrogen-bond donors (Lipinski definition) is 0. The standard InChI is InChI=1S/C56H38N2/c1-4-16-39(17-5-1)40-30-32-44(33-31-40)57(53-37-36-47(41-18-6-2-7-19-41)48-25-12-13-26-50(48)53)45-34-35-52-55(38-45)58(43-22-8-3-9-23-43)54-29-15-28-51(56(52)54)49-27-14-21-42-20-10-11-24-46(42)49/h1-38H. The van der Waals surface area contributed by atoms with Crippen molar-refractivity contribution in [3.05, 3.63) is 231 Å². The molecule has 0 atom stereocenters. The molecule has 272 valence electrons. The van der Waals surface area contributed by atoms with Gasteiger partial charge in [-0.3, -0.25) is 0 Å². The summed E-state index contributed by atoms with van der Waals surface area (Å²) in [4.78, 5) is 2.43. The van der Waals surface area contributed by atoms with E-state index in [4.69, 9.17) is 0 Å². The van der Waals surface area contributed by atoms with Gasteiger partial charge >= 0.3 is 0 Å². The van der Waals surface area contributed by atoms with E-state index >= 15 is 0 Å². The second kappa shape index (κ2) is 14.1. The molecule has 0 spiro atoms. The zero-order valence-electron chi connectivity index (χ0n) is 31.8. The predicted molar refractivity (Wildman–Crippen MR) is 247 cm³/mol. The molecule has 10 aromatic carbocycles. The number of rotatable bonds is 7. The summed E-state index contributed by atoms with van der Waals surface area (Å²) in [6, 6.07) is 83.7. The van der Waals surface area contributed by atoms with Crippen molar-refractivity contribution in [1.82, 2.24) is 4.57 Å². The number of nitrogens with zero attached hydrogens (tertiary/aromatic N) is 2. The Morgan fingerprint density at radius 2 is 0.897 bits per heavy atom. The SMILES string of the molecule is c1ccc(-c2ccc(N(c3ccc4c5c(-c6cccc7ccccc67)cccc5n(-c5ccccc5)c4c3)c3ccc(-c4ccccc4)c4ccccc34)cc2)cc1. The Balaban J connectivity index is 1.18. The smallest absolute Gasteiger partial charge is 0.0562 e. The predicted octanol–water partition coefficient (Wildman–Crippen LogP) is 15.6. The van der Waals surface area contributed by atoms with Gasteiger partial charge in [-0.1, -0.05) is 182 Å². The fraction of sp³-hybridized carbons (Fsp3) is 0. The second-order valence-electron chi connectivity index (χ2n) is 14.9. The first-order valence-electron chi connectivity index (χ1n) is 19.9. The highest BCUT2D eigenvalue weighted by atomic mass is 15.1. The van der Waals surface area contributed by atoms with E-state index in [2.05, 4.69) is 240 Å². The van der Waals surface area contributed by atoms with Gasteiger partial charge in [-0.15, -0.1) is 0 Å². The molecule has 11 rings (SSSR count). The maximum Gasteiger partial charge on any atom is 0.0562 e. The van der Waals surface area contributed by atoms with Crippen molar-refractivity contribution in [3.63, 3.8) is 0 Å². The number of fused-ring (bicyclic) bond motifs is 5. The van der Waals surface area contributed by atoms with E-state index in [1.807, 2.05) is 0 Å². The van der Waals surface area contributed by atoms with Crippen LogP contribution in [-0.4, -0.2) is 4.57 Å². The molecule has 58 heavy (non-hydrogen) atoms. The van der Waals surface area contributed by atoms with Crippen LogP contribution in [0.4, 0.5) is 17.1 Å². The van der Waals surface area contributed by atoms with Crippen molar-refractivity contribution in [2.24, 2.45) is 0 Å². The van der Waals surface area contributed by atoms with Gasteiger partial charge in [0, 0.05) is 33.2 Å². The highest BCUT2D eigenvalue weighted by Crippen LogP contribution is 2.46. The third-order valence-electron chi connectivity index (χ3n) is 11.6. The van der Waals surface area contributed by atoms with Crippen LogP contribution in [0.25, 0.3) is 82.4 Å². The molecule has 0 radical (unpaired) electrons. The van der Waals surface area contributed by atoms with E-state index in [0.717, 1.165) is 28.3 Å². The van der Waals surface area contributed by atoms with Gasteiger partial charge in [-0.25, -0.2) is 0 Å². The van der Waals surface area contributed by atoms with Crippen molar-refractivity contribution in [1.29, 1.82) is 0 Å². The van der Waals surface area contributed by atoms with Crippen LogP contribution in [0.15, 0.2) is 231 Å². The summed E-state index contributed by atoms with van der Waals surface area (Å²) in [6.45, 7) is 0. The van der Waals surface area contributed by atoms with Crippen LogP contribution in [0.3, 0.4) is 0 Å². The highest BCUT2D eigenvalue weighted by Gasteiger charge is 2.22. The van der Waals surface area contributed by atoms with Crippen molar-refractivity contribution < 1.29 is 0 Å². The Labute approximate surface area is 338 Å². The highest BCUT2D eigenvalue weighted by molar-refractivity contribution is 6.19. The molecule has 0 unspecified atom stereocenters. The molecule has 2 heteroatoms. The van der Waals surface area contributed by atoms with E-state index in [1.165, 1.54) is 71.2 Å². The van der Waals surface area contributed by atoms with Gasteiger partial charge in [0.2, 0.25) is 0 Å². The first-order valence-corrected chi connectivity index (χ1v) is 19.9. The van der Waals surface area contributed by atoms with E-state index in [-0.39, 0.29) is 0 Å². The summed E-state index contributed by atoms with van der Waals surface area (Å²) in [5, 5.41) is 7.38. The van der Waals surface area contributed by atoms with E-state index in [0.29, 0.717) is 0 Å². The Hall–Kier alpha value is -7.68. The minimum atomic E-state index is 1.09. The molecule has 1 aromatic heterocycles. The number of anilines is 3. The molecule has 0 saturated carbocycles. The molecule has 11 aromatic rings. The van der Waals surface area contributed by atoms with Gasteiger partial charge in [0.05, 0.1) is 16.7 Å². The summed E-state index contributed by atoms with van der Waals surface area (Å²) in [6.07, 6.45) is 0. The van der Waals surface area contributed by atoms with Gasteiger partial charge in [0.15, 0.2) is 0 Å². The molecule has 0 aliphatic rings. The summed E-state index contributed by atoms with van der Waals surface area (Å²) >= 11 is 0. The van der Waals surface area contributed by atoms with E-state index in [9.17, 15) is 0 Å². The van der Waals surface area contributed by atoms with E-state index < -0.39 is 0 Å². The molecule has 0 fully saturated rings. The third kappa shape index (κ3) is 5.66. The third-order valence-corrected chi connectivity index (χ3v) is 11.6. The van der Waals surface area contributed by atoms with Gasteiger partial charge in [-0.05, 0) is 98.1 Å². The Kier molecular flexibility index (Phi) is 8.19. The normalized spacial score (nSPS) is 11.4. The van der Waals surface area contributed by atoms with Crippen molar-refractivity contribution in [2.45, 2.75) is 0 Å². The number of benzene rings is 10. The fourth-order valence-corrected chi connectivity index (χ4v) is 8.94. The number of para-hydroxylation sites is 1. The molecule has 0 amide bonds. The van der Waals surface area contributed by atoms with Gasteiger partial charge in [0.1, 0.15) is 0 Å². The maximum atomic E-state index is 2.44. The minimum Gasteiger partial charge on any atom is -0.310 e. The van der Waals surface area contributed by atoms with Crippen LogP contribution in [0, 0.1) is 0 Å². The Morgan fingerprint density at radius 3 is 1.67 bits per heavy atom. The molecule has 1 heterocycles. The average molecular weight is 739 g/mol. The molecule has 2 nitrogen and oxygen atoms in total. The molecule has 0 N–H and O–H groups in total. The summed E-state index contributed by atoms with van der Waals surface area (Å²) < 4.78 is 2.44. The lowest BCUT2D eigenvalue weighted by Crippen LogP contribution is -2.11. The van der Waals surface area contributed by atoms with Crippen molar-refractivity contribution >= 4 is 60.4 Å². The van der Waals surface area contributed by atoms with Crippen molar-refractivity contribution in [2.75, 3.05) is 4.90 Å². The average Bonchev–Trinajstić information content (AvgIpc) is 3.64. The second-order valence-corrected chi connectivity index (χ2v) is 14.9.